The quantitative estimate of drug-likeness (QED) is 0.762. The van der Waals surface area contributed by atoms with Crippen molar-refractivity contribution in [2.24, 2.45) is 5.92 Å². The minimum Gasteiger partial charge on any atom is -0.311 e. The number of hydrogen-bond donors (Lipinski definition) is 0. The Balaban J connectivity index is 2.16. The molecular formula is C13H12Cl3NO2S. The van der Waals surface area contributed by atoms with Crippen molar-refractivity contribution in [2.75, 3.05) is 17.2 Å². The molecule has 1 atom stereocenters. The number of hydrogen-bond acceptors (Lipinski definition) is 3. The third kappa shape index (κ3) is 3.61. The van der Waals surface area contributed by atoms with E-state index in [0.717, 1.165) is 0 Å². The van der Waals surface area contributed by atoms with Gasteiger partial charge in [-0.1, -0.05) is 46.6 Å². The maximum Gasteiger partial charge on any atom is 0.227 e. The molecule has 1 aliphatic rings. The van der Waals surface area contributed by atoms with Crippen LogP contribution in [-0.2, 0) is 9.59 Å². The van der Waals surface area contributed by atoms with Crippen LogP contribution in [0.5, 0.6) is 0 Å². The third-order valence-electron chi connectivity index (χ3n) is 3.01. The van der Waals surface area contributed by atoms with Gasteiger partial charge >= 0.3 is 0 Å². The van der Waals surface area contributed by atoms with Crippen molar-refractivity contribution < 1.29 is 9.59 Å². The summed E-state index contributed by atoms with van der Waals surface area (Å²) in [6.45, 7) is 2.06. The van der Waals surface area contributed by atoms with Gasteiger partial charge in [-0.3, -0.25) is 9.59 Å². The minimum absolute atomic E-state index is 0.0144. The highest BCUT2D eigenvalue weighted by atomic mass is 35.5. The fraction of sp³-hybridized carbons (Fsp3) is 0.385. The van der Waals surface area contributed by atoms with Gasteiger partial charge < -0.3 is 4.90 Å². The second-order valence-electron chi connectivity index (χ2n) is 4.59. The van der Waals surface area contributed by atoms with Gasteiger partial charge in [0.05, 0.1) is 20.8 Å². The zero-order chi connectivity index (χ0) is 14.9. The number of carbonyl (C=O) groups excluding carboxylic acids is 2. The maximum absolute atomic E-state index is 12.1. The molecular weight excluding hydrogens is 341 g/mol. The Kier molecular flexibility index (Phi) is 5.24. The average molecular weight is 353 g/mol. The molecule has 1 saturated heterocycles. The number of amides is 1. The van der Waals surface area contributed by atoms with Gasteiger partial charge in [-0.05, 0) is 18.1 Å². The number of rotatable bonds is 3. The van der Waals surface area contributed by atoms with E-state index in [4.69, 9.17) is 34.8 Å². The van der Waals surface area contributed by atoms with Gasteiger partial charge in [0.2, 0.25) is 5.91 Å². The molecule has 0 aromatic heterocycles. The van der Waals surface area contributed by atoms with Crippen molar-refractivity contribution in [3.05, 3.63) is 27.2 Å². The van der Waals surface area contributed by atoms with E-state index >= 15 is 0 Å². The van der Waals surface area contributed by atoms with E-state index in [0.29, 0.717) is 39.5 Å². The molecule has 0 aliphatic carbocycles. The zero-order valence-electron chi connectivity index (χ0n) is 10.7. The first-order chi connectivity index (χ1) is 9.38. The van der Waals surface area contributed by atoms with Crippen LogP contribution in [0.3, 0.4) is 0 Å². The summed E-state index contributed by atoms with van der Waals surface area (Å²) in [4.78, 5) is 24.7. The minimum atomic E-state index is -0.0144. The van der Waals surface area contributed by atoms with Crippen LogP contribution in [0.2, 0.25) is 15.1 Å². The third-order valence-corrected chi connectivity index (χ3v) is 5.08. The maximum atomic E-state index is 12.1. The van der Waals surface area contributed by atoms with Crippen LogP contribution in [0, 0.1) is 5.92 Å². The Labute approximate surface area is 136 Å². The lowest BCUT2D eigenvalue weighted by molar-refractivity contribution is -0.117. The van der Waals surface area contributed by atoms with Crippen LogP contribution in [0.25, 0.3) is 0 Å². The summed E-state index contributed by atoms with van der Waals surface area (Å²) < 4.78 is 0. The lowest BCUT2D eigenvalue weighted by Crippen LogP contribution is -2.25. The topological polar surface area (TPSA) is 37.4 Å². The molecule has 1 aromatic carbocycles. The van der Waals surface area contributed by atoms with E-state index in [1.165, 1.54) is 24.8 Å². The monoisotopic (exact) mass is 351 g/mol. The van der Waals surface area contributed by atoms with Gasteiger partial charge in [0.15, 0.2) is 5.12 Å². The Hall–Kier alpha value is -0.420. The molecule has 1 aliphatic heterocycles. The van der Waals surface area contributed by atoms with Gasteiger partial charge in [0, 0.05) is 25.6 Å². The fourth-order valence-electron chi connectivity index (χ4n) is 2.08. The molecule has 1 aromatic rings. The molecule has 1 heterocycles. The van der Waals surface area contributed by atoms with Crippen LogP contribution in [0.1, 0.15) is 13.3 Å². The van der Waals surface area contributed by atoms with Crippen molar-refractivity contribution in [1.82, 2.24) is 0 Å². The predicted molar refractivity (Wildman–Crippen MR) is 85.1 cm³/mol. The summed E-state index contributed by atoms with van der Waals surface area (Å²) in [7, 11) is 0. The number of benzene rings is 1. The summed E-state index contributed by atoms with van der Waals surface area (Å²) in [5.41, 5.74) is 0.571. The lowest BCUT2D eigenvalue weighted by Gasteiger charge is -2.19. The van der Waals surface area contributed by atoms with Gasteiger partial charge in [0.25, 0.3) is 0 Å². The van der Waals surface area contributed by atoms with Crippen molar-refractivity contribution in [3.63, 3.8) is 0 Å². The number of thioether (sulfide) groups is 1. The normalized spacial score (nSPS) is 18.7. The molecule has 0 spiro atoms. The molecule has 20 heavy (non-hydrogen) atoms. The van der Waals surface area contributed by atoms with Crippen molar-refractivity contribution in [3.8, 4) is 0 Å². The van der Waals surface area contributed by atoms with Gasteiger partial charge in [-0.2, -0.15) is 0 Å². The van der Waals surface area contributed by atoms with Crippen molar-refractivity contribution in [2.45, 2.75) is 13.3 Å². The average Bonchev–Trinajstić information content (AvgIpc) is 2.72. The van der Waals surface area contributed by atoms with Crippen molar-refractivity contribution >= 4 is 63.3 Å². The number of halogens is 3. The van der Waals surface area contributed by atoms with E-state index < -0.39 is 0 Å². The molecule has 7 heteroatoms. The largest absolute Gasteiger partial charge is 0.311 e. The number of nitrogens with zero attached hydrogens (tertiary/aromatic N) is 1. The Bertz CT molecular complexity index is 565. The van der Waals surface area contributed by atoms with E-state index in [1.807, 2.05) is 0 Å². The summed E-state index contributed by atoms with van der Waals surface area (Å²) in [5, 5.41) is 1.17. The fourth-order valence-corrected chi connectivity index (χ4v) is 3.42. The van der Waals surface area contributed by atoms with Crippen LogP contribution in [0.4, 0.5) is 5.69 Å². The molecule has 0 radical (unpaired) electrons. The molecule has 1 amide bonds. The Morgan fingerprint density at radius 3 is 2.60 bits per heavy atom. The van der Waals surface area contributed by atoms with E-state index in [9.17, 15) is 9.59 Å². The highest BCUT2D eigenvalue weighted by Gasteiger charge is 2.32. The second kappa shape index (κ2) is 6.56. The SMILES string of the molecule is CC(=O)SCC1CC(=O)N(c2cc(Cl)c(Cl)cc2Cl)C1. The first-order valence-corrected chi connectivity index (χ1v) is 8.08. The van der Waals surface area contributed by atoms with E-state index in [-0.39, 0.29) is 16.9 Å². The highest BCUT2D eigenvalue weighted by molar-refractivity contribution is 8.13. The molecule has 108 valence electrons. The van der Waals surface area contributed by atoms with Crippen LogP contribution < -0.4 is 4.90 Å². The van der Waals surface area contributed by atoms with Crippen LogP contribution in [0.15, 0.2) is 12.1 Å². The number of anilines is 1. The molecule has 1 fully saturated rings. The molecule has 0 N–H and O–H groups in total. The molecule has 1 unspecified atom stereocenters. The lowest BCUT2D eigenvalue weighted by atomic mass is 10.1. The molecule has 0 bridgehead atoms. The number of carbonyl (C=O) groups is 2. The summed E-state index contributed by atoms with van der Waals surface area (Å²) in [6.07, 6.45) is 0.414. The van der Waals surface area contributed by atoms with Gasteiger partial charge in [-0.25, -0.2) is 0 Å². The van der Waals surface area contributed by atoms with E-state index in [2.05, 4.69) is 0 Å². The summed E-state index contributed by atoms with van der Waals surface area (Å²) in [5.74, 6) is 0.762. The van der Waals surface area contributed by atoms with Gasteiger partial charge in [-0.15, -0.1) is 0 Å². The highest BCUT2D eigenvalue weighted by Crippen LogP contribution is 2.37. The zero-order valence-corrected chi connectivity index (χ0v) is 13.7. The first kappa shape index (κ1) is 16.0. The van der Waals surface area contributed by atoms with E-state index in [1.54, 1.807) is 11.0 Å². The Morgan fingerprint density at radius 2 is 1.95 bits per heavy atom. The summed E-state index contributed by atoms with van der Waals surface area (Å²) in [6, 6.07) is 3.14. The first-order valence-electron chi connectivity index (χ1n) is 5.96. The Morgan fingerprint density at radius 1 is 1.30 bits per heavy atom. The van der Waals surface area contributed by atoms with Crippen molar-refractivity contribution in [1.29, 1.82) is 0 Å². The smallest absolute Gasteiger partial charge is 0.227 e. The van der Waals surface area contributed by atoms with Crippen LogP contribution >= 0.6 is 46.6 Å². The van der Waals surface area contributed by atoms with Crippen LogP contribution in [-0.4, -0.2) is 23.3 Å². The second-order valence-corrected chi connectivity index (χ2v) is 7.01. The predicted octanol–water partition coefficient (Wildman–Crippen LogP) is 4.28. The molecule has 0 saturated carbocycles. The molecule has 3 nitrogen and oxygen atoms in total. The standard InChI is InChI=1S/C13H12Cl3NO2S/c1-7(18)20-6-8-2-13(19)17(5-8)12-4-10(15)9(14)3-11(12)16/h3-4,8H,2,5-6H2,1H3. The molecule has 2 rings (SSSR count). The van der Waals surface area contributed by atoms with Gasteiger partial charge in [0.1, 0.15) is 0 Å². The summed E-state index contributed by atoms with van der Waals surface area (Å²) >= 11 is 19.2.